The van der Waals surface area contributed by atoms with Crippen molar-refractivity contribution >= 4 is 33.3 Å². The molecule has 0 aliphatic carbocycles. The van der Waals surface area contributed by atoms with E-state index >= 15 is 0 Å². The Kier molecular flexibility index (Phi) is 5.72. The molecular formula is C20H23N3O3S. The van der Waals surface area contributed by atoms with E-state index in [1.807, 2.05) is 51.2 Å². The summed E-state index contributed by atoms with van der Waals surface area (Å²) in [4.78, 5) is 24.7. The van der Waals surface area contributed by atoms with Crippen molar-refractivity contribution in [1.29, 1.82) is 0 Å². The van der Waals surface area contributed by atoms with Crippen LogP contribution in [0.5, 0.6) is 0 Å². The van der Waals surface area contributed by atoms with Crippen LogP contribution in [0, 0.1) is 13.8 Å². The van der Waals surface area contributed by atoms with E-state index in [-0.39, 0.29) is 18.6 Å². The topological polar surface area (TPSA) is 75.5 Å². The van der Waals surface area contributed by atoms with Crippen LogP contribution in [0.3, 0.4) is 0 Å². The SMILES string of the molecule is COC(=O)c1sc2nc(C)nc(N(C)[C@H](CCO)c3ccccc3)c2c1C. The molecule has 1 aromatic carbocycles. The molecule has 0 amide bonds. The number of aliphatic hydroxyl groups excluding tert-OH is 1. The third-order valence-corrected chi connectivity index (χ3v) is 5.81. The van der Waals surface area contributed by atoms with Crippen molar-refractivity contribution < 1.29 is 14.6 Å². The largest absolute Gasteiger partial charge is 0.465 e. The molecule has 7 heteroatoms. The first-order valence-electron chi connectivity index (χ1n) is 8.72. The van der Waals surface area contributed by atoms with Gasteiger partial charge in [0.25, 0.3) is 0 Å². The summed E-state index contributed by atoms with van der Waals surface area (Å²) >= 11 is 1.32. The zero-order valence-electron chi connectivity index (χ0n) is 15.9. The lowest BCUT2D eigenvalue weighted by Gasteiger charge is -2.30. The molecule has 0 aliphatic rings. The summed E-state index contributed by atoms with van der Waals surface area (Å²) in [6, 6.07) is 9.98. The molecule has 0 unspecified atom stereocenters. The average Bonchev–Trinajstić information content (AvgIpc) is 3.01. The van der Waals surface area contributed by atoms with Gasteiger partial charge in [-0.15, -0.1) is 11.3 Å². The van der Waals surface area contributed by atoms with Crippen molar-refractivity contribution in [3.8, 4) is 0 Å². The van der Waals surface area contributed by atoms with Crippen molar-refractivity contribution in [2.75, 3.05) is 25.7 Å². The molecule has 1 atom stereocenters. The first-order valence-corrected chi connectivity index (χ1v) is 9.54. The van der Waals surface area contributed by atoms with Gasteiger partial charge >= 0.3 is 5.97 Å². The number of rotatable bonds is 6. The number of aromatic nitrogens is 2. The number of hydrogen-bond acceptors (Lipinski definition) is 7. The number of ether oxygens (including phenoxy) is 1. The van der Waals surface area contributed by atoms with E-state index in [0.29, 0.717) is 17.1 Å². The molecular weight excluding hydrogens is 362 g/mol. The fraction of sp³-hybridized carbons (Fsp3) is 0.350. The third-order valence-electron chi connectivity index (χ3n) is 4.64. The monoisotopic (exact) mass is 385 g/mol. The predicted molar refractivity (Wildman–Crippen MR) is 108 cm³/mol. The standard InChI is InChI=1S/C20H23N3O3S/c1-12-16-18(21-13(2)22-19(16)27-17(12)20(25)26-4)23(3)15(10-11-24)14-8-6-5-7-9-14/h5-9,15,24H,10-11H2,1-4H3/t15-/m1/s1. The molecule has 0 spiro atoms. The van der Waals surface area contributed by atoms with E-state index in [2.05, 4.69) is 14.9 Å². The number of esters is 1. The van der Waals surface area contributed by atoms with E-state index in [9.17, 15) is 9.90 Å². The Morgan fingerprint density at radius 3 is 2.59 bits per heavy atom. The molecule has 3 aromatic rings. The zero-order chi connectivity index (χ0) is 19.6. The lowest BCUT2D eigenvalue weighted by atomic mass is 10.0. The maximum absolute atomic E-state index is 12.1. The quantitative estimate of drug-likeness (QED) is 0.653. The second-order valence-electron chi connectivity index (χ2n) is 6.37. The van der Waals surface area contributed by atoms with Crippen molar-refractivity contribution in [3.05, 3.63) is 52.2 Å². The number of thiophene rings is 1. The number of benzene rings is 1. The highest BCUT2D eigenvalue weighted by Gasteiger charge is 2.25. The normalized spacial score (nSPS) is 12.2. The lowest BCUT2D eigenvalue weighted by molar-refractivity contribution is 0.0605. The second-order valence-corrected chi connectivity index (χ2v) is 7.37. The van der Waals surface area contributed by atoms with Gasteiger partial charge in [0.1, 0.15) is 21.3 Å². The molecule has 142 valence electrons. The number of carbonyl (C=O) groups is 1. The Labute approximate surface area is 162 Å². The molecule has 6 nitrogen and oxygen atoms in total. The van der Waals surface area contributed by atoms with Gasteiger partial charge in [-0.1, -0.05) is 30.3 Å². The Hall–Kier alpha value is -2.51. The van der Waals surface area contributed by atoms with Gasteiger partial charge in [-0.2, -0.15) is 0 Å². The fourth-order valence-corrected chi connectivity index (χ4v) is 4.43. The van der Waals surface area contributed by atoms with Crippen molar-refractivity contribution in [1.82, 2.24) is 9.97 Å². The zero-order valence-corrected chi connectivity index (χ0v) is 16.7. The minimum absolute atomic E-state index is 0.0467. The molecule has 0 aliphatic heterocycles. The number of carbonyl (C=O) groups excluding carboxylic acids is 1. The molecule has 2 aromatic heterocycles. The minimum atomic E-state index is -0.364. The van der Waals surface area contributed by atoms with Crippen LogP contribution >= 0.6 is 11.3 Å². The number of aryl methyl sites for hydroxylation is 2. The van der Waals surface area contributed by atoms with Crippen molar-refractivity contribution in [2.24, 2.45) is 0 Å². The van der Waals surface area contributed by atoms with Crippen molar-refractivity contribution in [2.45, 2.75) is 26.3 Å². The molecule has 0 bridgehead atoms. The maximum atomic E-state index is 12.1. The Bertz CT molecular complexity index is 956. The van der Waals surface area contributed by atoms with Crippen LogP contribution in [0.4, 0.5) is 5.82 Å². The van der Waals surface area contributed by atoms with Crippen molar-refractivity contribution in [3.63, 3.8) is 0 Å². The molecule has 2 heterocycles. The third kappa shape index (κ3) is 3.65. The van der Waals surface area contributed by atoms with Gasteiger partial charge in [-0.05, 0) is 31.4 Å². The summed E-state index contributed by atoms with van der Waals surface area (Å²) in [6.45, 7) is 3.80. The van der Waals surface area contributed by atoms with Crippen LogP contribution in [-0.2, 0) is 4.74 Å². The van der Waals surface area contributed by atoms with E-state index in [1.165, 1.54) is 18.4 Å². The average molecular weight is 385 g/mol. The molecule has 0 fully saturated rings. The molecule has 3 rings (SSSR count). The lowest BCUT2D eigenvalue weighted by Crippen LogP contribution is -2.26. The van der Waals surface area contributed by atoms with Crippen LogP contribution in [0.25, 0.3) is 10.2 Å². The number of hydrogen-bond donors (Lipinski definition) is 1. The number of anilines is 1. The predicted octanol–water partition coefficient (Wildman–Crippen LogP) is 3.65. The first-order chi connectivity index (χ1) is 13.0. The number of fused-ring (bicyclic) bond motifs is 1. The highest BCUT2D eigenvalue weighted by atomic mass is 32.1. The Morgan fingerprint density at radius 1 is 1.26 bits per heavy atom. The van der Waals surface area contributed by atoms with E-state index < -0.39 is 0 Å². The fourth-order valence-electron chi connectivity index (χ4n) is 3.29. The highest BCUT2D eigenvalue weighted by molar-refractivity contribution is 7.20. The number of nitrogens with zero attached hydrogens (tertiary/aromatic N) is 3. The Morgan fingerprint density at radius 2 is 1.96 bits per heavy atom. The maximum Gasteiger partial charge on any atom is 0.348 e. The first kappa shape index (κ1) is 19.3. The van der Waals surface area contributed by atoms with Crippen LogP contribution < -0.4 is 4.90 Å². The summed E-state index contributed by atoms with van der Waals surface area (Å²) in [5, 5.41) is 10.5. The summed E-state index contributed by atoms with van der Waals surface area (Å²) in [7, 11) is 3.34. The molecule has 0 saturated carbocycles. The van der Waals surface area contributed by atoms with Gasteiger partial charge in [0.05, 0.1) is 18.5 Å². The Balaban J connectivity index is 2.16. The van der Waals surface area contributed by atoms with Gasteiger partial charge < -0.3 is 14.7 Å². The van der Waals surface area contributed by atoms with Crippen LogP contribution in [0.15, 0.2) is 30.3 Å². The summed E-state index contributed by atoms with van der Waals surface area (Å²) < 4.78 is 4.91. The van der Waals surface area contributed by atoms with Gasteiger partial charge in [0, 0.05) is 13.7 Å². The highest BCUT2D eigenvalue weighted by Crippen LogP contribution is 2.38. The summed E-state index contributed by atoms with van der Waals surface area (Å²) in [6.07, 6.45) is 0.568. The van der Waals surface area contributed by atoms with Crippen LogP contribution in [0.2, 0.25) is 0 Å². The van der Waals surface area contributed by atoms with E-state index in [4.69, 9.17) is 4.74 Å². The van der Waals surface area contributed by atoms with Gasteiger partial charge in [-0.3, -0.25) is 0 Å². The summed E-state index contributed by atoms with van der Waals surface area (Å²) in [5.74, 6) is 1.03. The van der Waals surface area contributed by atoms with E-state index in [0.717, 1.165) is 27.2 Å². The second kappa shape index (κ2) is 8.02. The molecule has 27 heavy (non-hydrogen) atoms. The summed E-state index contributed by atoms with van der Waals surface area (Å²) in [5.41, 5.74) is 1.92. The minimum Gasteiger partial charge on any atom is -0.465 e. The van der Waals surface area contributed by atoms with Gasteiger partial charge in [0.2, 0.25) is 0 Å². The van der Waals surface area contributed by atoms with E-state index in [1.54, 1.807) is 0 Å². The van der Waals surface area contributed by atoms with Crippen LogP contribution in [0.1, 0.15) is 39.1 Å². The molecule has 1 N–H and O–H groups in total. The molecule has 0 radical (unpaired) electrons. The van der Waals surface area contributed by atoms with Crippen LogP contribution in [-0.4, -0.2) is 41.8 Å². The smallest absolute Gasteiger partial charge is 0.348 e. The van der Waals surface area contributed by atoms with Gasteiger partial charge in [0.15, 0.2) is 0 Å². The number of methoxy groups -OCH3 is 1. The molecule has 0 saturated heterocycles. The number of aliphatic hydroxyl groups is 1. The van der Waals surface area contributed by atoms with Gasteiger partial charge in [-0.25, -0.2) is 14.8 Å².